The van der Waals surface area contributed by atoms with Gasteiger partial charge in [-0.2, -0.15) is 15.4 Å². The maximum Gasteiger partial charge on any atom is 0.459 e. The second-order valence-electron chi connectivity index (χ2n) is 13.2. The Balaban J connectivity index is 1.62. The van der Waals surface area contributed by atoms with Crippen LogP contribution >= 0.6 is 7.75 Å². The minimum atomic E-state index is -4.82. The number of Topliss-reactive ketones (excluding diaryl/α,β-unsaturated/α-hetero) is 1. The molecule has 1 saturated heterocycles. The first-order valence-corrected chi connectivity index (χ1v) is 18.1. The maximum absolute atomic E-state index is 16.6. The van der Waals surface area contributed by atoms with E-state index in [0.29, 0.717) is 30.0 Å². The number of para-hydroxylation sites is 1. The molecule has 272 valence electrons. The van der Waals surface area contributed by atoms with Gasteiger partial charge in [0.2, 0.25) is 5.60 Å². The van der Waals surface area contributed by atoms with Crippen molar-refractivity contribution in [1.29, 1.82) is 5.26 Å². The number of nitrogens with zero attached hydrogens (tertiary/aromatic N) is 4. The molecule has 1 fully saturated rings. The van der Waals surface area contributed by atoms with Gasteiger partial charge in [0.15, 0.2) is 0 Å². The number of rotatable bonds is 18. The molecule has 0 amide bonds. The van der Waals surface area contributed by atoms with E-state index >= 15 is 4.39 Å². The molecule has 2 aromatic heterocycles. The number of fused-ring (bicyclic) bond motifs is 1. The van der Waals surface area contributed by atoms with Gasteiger partial charge in [0.05, 0.1) is 23.5 Å². The molecular formula is C34H45FN5O9P. The van der Waals surface area contributed by atoms with E-state index in [9.17, 15) is 29.6 Å². The van der Waals surface area contributed by atoms with Crippen LogP contribution in [0.5, 0.6) is 5.75 Å². The summed E-state index contributed by atoms with van der Waals surface area (Å²) in [5.41, 5.74) is -1.64. The minimum absolute atomic E-state index is 0.000399. The Kier molecular flexibility index (Phi) is 12.9. The van der Waals surface area contributed by atoms with Gasteiger partial charge in [-0.25, -0.2) is 18.5 Å². The number of nitrogens with one attached hydrogen (secondary N) is 1. The summed E-state index contributed by atoms with van der Waals surface area (Å²) < 4.78 is 54.3. The number of aliphatic hydroxyl groups is 2. The summed E-state index contributed by atoms with van der Waals surface area (Å²) in [6.07, 6.45) is -1.74. The summed E-state index contributed by atoms with van der Waals surface area (Å²) in [4.78, 5) is 30.4. The number of carbonyl (C=O) groups is 2. The van der Waals surface area contributed by atoms with Gasteiger partial charge in [-0.3, -0.25) is 14.1 Å². The monoisotopic (exact) mass is 717 g/mol. The maximum atomic E-state index is 16.6. The number of ether oxygens (including phenoxy) is 2. The average Bonchev–Trinajstić information content (AvgIpc) is 3.59. The molecule has 4 rings (SSSR count). The first-order valence-electron chi connectivity index (χ1n) is 16.5. The molecule has 0 saturated carbocycles. The van der Waals surface area contributed by atoms with E-state index in [1.54, 1.807) is 31.2 Å². The third-order valence-corrected chi connectivity index (χ3v) is 9.83. The largest absolute Gasteiger partial charge is 0.464 e. The molecule has 0 spiro atoms. The van der Waals surface area contributed by atoms with Crippen molar-refractivity contribution in [3.63, 3.8) is 0 Å². The summed E-state index contributed by atoms with van der Waals surface area (Å²) >= 11 is 0. The van der Waals surface area contributed by atoms with E-state index in [1.807, 2.05) is 27.7 Å². The number of ketones is 1. The van der Waals surface area contributed by atoms with Gasteiger partial charge in [-0.05, 0) is 55.9 Å². The second kappa shape index (κ2) is 16.5. The van der Waals surface area contributed by atoms with Gasteiger partial charge < -0.3 is 24.2 Å². The molecule has 14 nitrogen and oxygen atoms in total. The van der Waals surface area contributed by atoms with Crippen LogP contribution in [0.2, 0.25) is 0 Å². The number of aryl methyl sites for hydroxylation is 1. The van der Waals surface area contributed by atoms with Gasteiger partial charge in [-0.1, -0.05) is 52.3 Å². The van der Waals surface area contributed by atoms with Crippen molar-refractivity contribution in [3.05, 3.63) is 60.2 Å². The number of alkyl halides is 1. The second-order valence-corrected chi connectivity index (χ2v) is 14.9. The van der Waals surface area contributed by atoms with Crippen molar-refractivity contribution in [3.8, 4) is 11.8 Å². The fourth-order valence-electron chi connectivity index (χ4n) is 5.44. The standard InChI is InChI=1S/C34H45FN5O9P/c1-22(2)10-9-11-25(41)18-27(32(44)46-17-16-23(3)4)39-50(45,48-26-12-7-6-8-13-26)47-20-34(35)31(43)30(42)33(19-36,49-34)29-15-14-28-24(5)37-21-38-40(28)29/h6-8,12-15,21-23,27,30-31,42-43H,9-11,16-18,20H2,1-5H3,(H,39,45)/t27-,30+,31-,33-,34+,50?/m0/s1. The number of esters is 1. The highest BCUT2D eigenvalue weighted by atomic mass is 31.2. The molecule has 3 heterocycles. The van der Waals surface area contributed by atoms with E-state index in [4.69, 9.17) is 18.5 Å². The van der Waals surface area contributed by atoms with Crippen molar-refractivity contribution in [2.45, 2.75) is 96.4 Å². The van der Waals surface area contributed by atoms with Crippen LogP contribution < -0.4 is 9.61 Å². The zero-order chi connectivity index (χ0) is 36.7. The molecule has 1 unspecified atom stereocenters. The lowest BCUT2D eigenvalue weighted by molar-refractivity contribution is -0.208. The highest BCUT2D eigenvalue weighted by Gasteiger charge is 2.66. The Bertz CT molecular complexity index is 1720. The van der Waals surface area contributed by atoms with E-state index in [1.165, 1.54) is 35.1 Å². The predicted octanol–water partition coefficient (Wildman–Crippen LogP) is 4.71. The number of benzene rings is 1. The van der Waals surface area contributed by atoms with Crippen LogP contribution in [-0.4, -0.2) is 73.9 Å². The van der Waals surface area contributed by atoms with Gasteiger partial charge >= 0.3 is 13.7 Å². The van der Waals surface area contributed by atoms with Crippen LogP contribution in [0.25, 0.3) is 5.52 Å². The fraction of sp³-hybridized carbons (Fsp3) is 0.559. The number of hydrogen-bond donors (Lipinski definition) is 3. The molecule has 3 N–H and O–H groups in total. The smallest absolute Gasteiger partial charge is 0.459 e. The van der Waals surface area contributed by atoms with Gasteiger partial charge in [0, 0.05) is 12.8 Å². The highest BCUT2D eigenvalue weighted by Crippen LogP contribution is 2.51. The first kappa shape index (κ1) is 39.0. The predicted molar refractivity (Wildman–Crippen MR) is 178 cm³/mol. The zero-order valence-corrected chi connectivity index (χ0v) is 29.7. The molecule has 6 atom stereocenters. The van der Waals surface area contributed by atoms with Crippen molar-refractivity contribution in [1.82, 2.24) is 19.7 Å². The van der Waals surface area contributed by atoms with E-state index in [0.717, 1.165) is 6.42 Å². The lowest BCUT2D eigenvalue weighted by Crippen LogP contribution is -2.45. The molecule has 16 heteroatoms. The lowest BCUT2D eigenvalue weighted by atomic mass is 9.92. The Hall–Kier alpha value is -3.77. The van der Waals surface area contributed by atoms with Crippen molar-refractivity contribution >= 4 is 25.0 Å². The topological polar surface area (TPSA) is 195 Å². The first-order chi connectivity index (χ1) is 23.6. The molecular weight excluding hydrogens is 672 g/mol. The Morgan fingerprint density at radius 3 is 2.48 bits per heavy atom. The number of nitriles is 1. The normalized spacial score (nSPS) is 23.9. The molecule has 0 bridgehead atoms. The molecule has 0 radical (unpaired) electrons. The number of aromatic nitrogens is 3. The van der Waals surface area contributed by atoms with Crippen molar-refractivity contribution in [2.24, 2.45) is 11.8 Å². The number of hydrogen-bond acceptors (Lipinski definition) is 12. The third kappa shape index (κ3) is 9.11. The van der Waals surface area contributed by atoms with Crippen molar-refractivity contribution < 1.29 is 47.3 Å². The highest BCUT2D eigenvalue weighted by molar-refractivity contribution is 7.52. The zero-order valence-electron chi connectivity index (χ0n) is 28.8. The van der Waals surface area contributed by atoms with Crippen LogP contribution in [0.1, 0.15) is 71.2 Å². The summed E-state index contributed by atoms with van der Waals surface area (Å²) in [5.74, 6) is -3.98. The molecule has 1 aliphatic heterocycles. The van der Waals surface area contributed by atoms with Crippen LogP contribution in [0.3, 0.4) is 0 Å². The number of aliphatic hydroxyl groups excluding tert-OH is 2. The fourth-order valence-corrected chi connectivity index (χ4v) is 6.94. The van der Waals surface area contributed by atoms with Gasteiger partial charge in [-0.15, -0.1) is 0 Å². The Morgan fingerprint density at radius 2 is 1.82 bits per heavy atom. The Morgan fingerprint density at radius 1 is 1.12 bits per heavy atom. The lowest BCUT2D eigenvalue weighted by Gasteiger charge is -2.29. The van der Waals surface area contributed by atoms with Crippen molar-refractivity contribution in [2.75, 3.05) is 13.2 Å². The Labute approximate surface area is 290 Å². The van der Waals surface area contributed by atoms with E-state index < -0.39 is 56.4 Å². The summed E-state index contributed by atoms with van der Waals surface area (Å²) in [6.45, 7) is 8.28. The molecule has 0 aliphatic carbocycles. The minimum Gasteiger partial charge on any atom is -0.464 e. The third-order valence-electron chi connectivity index (χ3n) is 8.29. The molecule has 1 aromatic carbocycles. The average molecular weight is 718 g/mol. The van der Waals surface area contributed by atoms with E-state index in [2.05, 4.69) is 15.2 Å². The molecule has 1 aliphatic rings. The van der Waals surface area contributed by atoms with Crippen LogP contribution in [-0.2, 0) is 33.8 Å². The number of carbonyl (C=O) groups excluding carboxylic acids is 2. The SMILES string of the molecule is Cc1ncnn2c([C@]3(C#N)O[C@](F)(COP(=O)(N[C@@H](CC(=O)CCCC(C)C)C(=O)OCCC(C)C)Oc4ccccc4)[C@@H](O)[C@H]3O)ccc12. The van der Waals surface area contributed by atoms with Gasteiger partial charge in [0.1, 0.15) is 48.8 Å². The molecule has 50 heavy (non-hydrogen) atoms. The number of halogens is 1. The van der Waals surface area contributed by atoms with Gasteiger partial charge in [0.25, 0.3) is 5.85 Å². The van der Waals surface area contributed by atoms with Crippen LogP contribution in [0, 0.1) is 30.1 Å². The summed E-state index contributed by atoms with van der Waals surface area (Å²) in [5, 5.41) is 38.8. The summed E-state index contributed by atoms with van der Waals surface area (Å²) in [7, 11) is -4.82. The van der Waals surface area contributed by atoms with Crippen LogP contribution in [0.4, 0.5) is 4.39 Å². The van der Waals surface area contributed by atoms with E-state index in [-0.39, 0.29) is 36.2 Å². The van der Waals surface area contributed by atoms with Crippen LogP contribution in [0.15, 0.2) is 48.8 Å². The summed E-state index contributed by atoms with van der Waals surface area (Å²) in [6, 6.07) is 10.8. The quantitative estimate of drug-likeness (QED) is 0.121. The molecule has 3 aromatic rings.